The Labute approximate surface area is 202 Å². The fourth-order valence-corrected chi connectivity index (χ4v) is 4.78. The minimum atomic E-state index is 0.194. The highest BCUT2D eigenvalue weighted by molar-refractivity contribution is 5.42. The van der Waals surface area contributed by atoms with Crippen LogP contribution in [0.1, 0.15) is 36.8 Å². The van der Waals surface area contributed by atoms with E-state index in [9.17, 15) is 0 Å². The van der Waals surface area contributed by atoms with Crippen molar-refractivity contribution >= 4 is 0 Å². The minimum absolute atomic E-state index is 0.194. The maximum absolute atomic E-state index is 5.45. The van der Waals surface area contributed by atoms with Crippen molar-refractivity contribution in [2.45, 2.75) is 39.4 Å². The van der Waals surface area contributed by atoms with Crippen LogP contribution in [0.25, 0.3) is 0 Å². The minimum Gasteiger partial charge on any atom is -0.493 e. The highest BCUT2D eigenvalue weighted by Crippen LogP contribution is 2.30. The molecule has 1 saturated heterocycles. The van der Waals surface area contributed by atoms with Gasteiger partial charge in [-0.1, -0.05) is 50.2 Å². The van der Waals surface area contributed by atoms with E-state index in [4.69, 9.17) is 9.47 Å². The molecule has 182 valence electrons. The maximum Gasteiger partial charge on any atom is 0.168 e. The van der Waals surface area contributed by atoms with Crippen LogP contribution in [-0.2, 0) is 19.5 Å². The predicted octanol–water partition coefficient (Wildman–Crippen LogP) is 3.45. The van der Waals surface area contributed by atoms with Crippen LogP contribution in [0.5, 0.6) is 11.5 Å². The monoisotopic (exact) mass is 464 g/mol. The number of benzene rings is 2. The topological polar surface area (TPSA) is 68.5 Å². The normalized spacial score (nSPS) is 16.0. The first-order chi connectivity index (χ1) is 16.6. The number of methoxy groups -OCH3 is 2. The van der Waals surface area contributed by atoms with E-state index in [1.165, 1.54) is 5.56 Å². The lowest BCUT2D eigenvalue weighted by molar-refractivity contribution is 0.0662. The quantitative estimate of drug-likeness (QED) is 0.455. The number of aromatic nitrogens is 4. The SMILES string of the molecule is COc1ccc(CCn2nnnc2[C@H](C(C)C)N2CCN(Cc3ccccc3)CC2)cc1OC. The van der Waals surface area contributed by atoms with Gasteiger partial charge in [0.05, 0.1) is 20.3 Å². The van der Waals surface area contributed by atoms with Gasteiger partial charge in [-0.05, 0) is 46.0 Å². The Hall–Kier alpha value is -2.97. The van der Waals surface area contributed by atoms with Gasteiger partial charge in [-0.3, -0.25) is 9.80 Å². The first-order valence-corrected chi connectivity index (χ1v) is 12.1. The predicted molar refractivity (Wildman–Crippen MR) is 132 cm³/mol. The summed E-state index contributed by atoms with van der Waals surface area (Å²) >= 11 is 0. The molecule has 8 nitrogen and oxygen atoms in total. The number of rotatable bonds is 10. The summed E-state index contributed by atoms with van der Waals surface area (Å²) in [6, 6.07) is 16.9. The van der Waals surface area contributed by atoms with Gasteiger partial charge in [0.15, 0.2) is 17.3 Å². The van der Waals surface area contributed by atoms with Crippen molar-refractivity contribution < 1.29 is 9.47 Å². The van der Waals surface area contributed by atoms with E-state index in [0.29, 0.717) is 5.92 Å². The summed E-state index contributed by atoms with van der Waals surface area (Å²) in [6.45, 7) is 10.4. The smallest absolute Gasteiger partial charge is 0.168 e. The van der Waals surface area contributed by atoms with Crippen LogP contribution < -0.4 is 9.47 Å². The molecule has 8 heteroatoms. The van der Waals surface area contributed by atoms with Crippen molar-refractivity contribution in [1.82, 2.24) is 30.0 Å². The Kier molecular flexibility index (Phi) is 8.13. The van der Waals surface area contributed by atoms with Crippen LogP contribution in [0, 0.1) is 5.92 Å². The van der Waals surface area contributed by atoms with Crippen molar-refractivity contribution in [2.75, 3.05) is 40.4 Å². The molecule has 0 spiro atoms. The Morgan fingerprint density at radius 1 is 0.882 bits per heavy atom. The maximum atomic E-state index is 5.45. The van der Waals surface area contributed by atoms with Gasteiger partial charge < -0.3 is 9.47 Å². The van der Waals surface area contributed by atoms with Gasteiger partial charge in [0.2, 0.25) is 0 Å². The molecule has 0 bridgehead atoms. The number of ether oxygens (including phenoxy) is 2. The van der Waals surface area contributed by atoms with Gasteiger partial charge in [-0.2, -0.15) is 0 Å². The molecular weight excluding hydrogens is 428 g/mol. The highest BCUT2D eigenvalue weighted by Gasteiger charge is 2.31. The van der Waals surface area contributed by atoms with Crippen molar-refractivity contribution in [2.24, 2.45) is 5.92 Å². The van der Waals surface area contributed by atoms with E-state index in [1.54, 1.807) is 14.2 Å². The molecule has 1 aromatic heterocycles. The Morgan fingerprint density at radius 2 is 1.62 bits per heavy atom. The number of hydrogen-bond donors (Lipinski definition) is 0. The van der Waals surface area contributed by atoms with E-state index in [2.05, 4.69) is 75.6 Å². The molecule has 1 aliphatic rings. The molecule has 0 radical (unpaired) electrons. The zero-order valence-corrected chi connectivity index (χ0v) is 20.7. The first-order valence-electron chi connectivity index (χ1n) is 12.1. The van der Waals surface area contributed by atoms with E-state index in [0.717, 1.165) is 68.6 Å². The molecule has 1 aliphatic heterocycles. The summed E-state index contributed by atoms with van der Waals surface area (Å²) in [6.07, 6.45) is 0.814. The third-order valence-electron chi connectivity index (χ3n) is 6.57. The van der Waals surface area contributed by atoms with E-state index in [-0.39, 0.29) is 6.04 Å². The van der Waals surface area contributed by atoms with Crippen LogP contribution in [0.2, 0.25) is 0 Å². The van der Waals surface area contributed by atoms with Crippen LogP contribution >= 0.6 is 0 Å². The Balaban J connectivity index is 1.40. The lowest BCUT2D eigenvalue weighted by Gasteiger charge is -2.40. The zero-order valence-electron chi connectivity index (χ0n) is 20.7. The molecule has 0 amide bonds. The van der Waals surface area contributed by atoms with E-state index >= 15 is 0 Å². The zero-order chi connectivity index (χ0) is 23.9. The summed E-state index contributed by atoms with van der Waals surface area (Å²) < 4.78 is 12.8. The molecule has 2 heterocycles. The van der Waals surface area contributed by atoms with Gasteiger partial charge in [0.1, 0.15) is 0 Å². The number of nitrogens with zero attached hydrogens (tertiary/aromatic N) is 6. The second-order valence-corrected chi connectivity index (χ2v) is 9.19. The molecule has 0 aliphatic carbocycles. The van der Waals surface area contributed by atoms with Crippen molar-refractivity contribution in [3.63, 3.8) is 0 Å². The number of hydrogen-bond acceptors (Lipinski definition) is 7. The molecule has 0 N–H and O–H groups in total. The van der Waals surface area contributed by atoms with Crippen LogP contribution in [0.3, 0.4) is 0 Å². The van der Waals surface area contributed by atoms with E-state index < -0.39 is 0 Å². The average Bonchev–Trinajstić information content (AvgIpc) is 3.32. The van der Waals surface area contributed by atoms with Crippen LogP contribution in [0.15, 0.2) is 48.5 Å². The molecule has 1 atom stereocenters. The molecule has 34 heavy (non-hydrogen) atoms. The summed E-state index contributed by atoms with van der Waals surface area (Å²) in [5, 5.41) is 12.9. The Bertz CT molecular complexity index is 1030. The van der Waals surface area contributed by atoms with E-state index in [1.807, 2.05) is 16.8 Å². The molecule has 2 aromatic carbocycles. The molecule has 3 aromatic rings. The van der Waals surface area contributed by atoms with Gasteiger partial charge >= 0.3 is 0 Å². The average molecular weight is 465 g/mol. The fraction of sp³-hybridized carbons (Fsp3) is 0.500. The number of piperazine rings is 1. The van der Waals surface area contributed by atoms with Crippen LogP contribution in [0.4, 0.5) is 0 Å². The molecule has 4 rings (SSSR count). The van der Waals surface area contributed by atoms with Crippen LogP contribution in [-0.4, -0.2) is 70.4 Å². The standard InChI is InChI=1S/C26H36N6O2/c1-20(2)25(31-16-14-30(15-17-31)19-22-8-6-5-7-9-22)26-27-28-29-32(26)13-12-21-10-11-23(33-3)24(18-21)34-4/h5-11,18,20,25H,12-17,19H2,1-4H3/t25-/m0/s1. The molecule has 1 fully saturated rings. The third-order valence-corrected chi connectivity index (χ3v) is 6.57. The first kappa shape index (κ1) is 24.2. The summed E-state index contributed by atoms with van der Waals surface area (Å²) in [7, 11) is 3.31. The second-order valence-electron chi connectivity index (χ2n) is 9.19. The number of tetrazole rings is 1. The summed E-state index contributed by atoms with van der Waals surface area (Å²) in [5.74, 6) is 2.84. The van der Waals surface area contributed by atoms with Crippen molar-refractivity contribution in [1.29, 1.82) is 0 Å². The molecule has 0 unspecified atom stereocenters. The lowest BCUT2D eigenvalue weighted by Crippen LogP contribution is -2.48. The van der Waals surface area contributed by atoms with Gasteiger partial charge in [-0.15, -0.1) is 5.10 Å². The molecule has 0 saturated carbocycles. The van der Waals surface area contributed by atoms with Crippen molar-refractivity contribution in [3.05, 3.63) is 65.5 Å². The fourth-order valence-electron chi connectivity index (χ4n) is 4.78. The second kappa shape index (κ2) is 11.4. The largest absolute Gasteiger partial charge is 0.493 e. The lowest BCUT2D eigenvalue weighted by atomic mass is 10.0. The van der Waals surface area contributed by atoms with Crippen molar-refractivity contribution in [3.8, 4) is 11.5 Å². The van der Waals surface area contributed by atoms with Gasteiger partial charge in [0.25, 0.3) is 0 Å². The van der Waals surface area contributed by atoms with Gasteiger partial charge in [0, 0.05) is 39.3 Å². The number of aryl methyl sites for hydroxylation is 2. The highest BCUT2D eigenvalue weighted by atomic mass is 16.5. The summed E-state index contributed by atoms with van der Waals surface area (Å²) in [4.78, 5) is 5.08. The summed E-state index contributed by atoms with van der Waals surface area (Å²) in [5.41, 5.74) is 2.53. The Morgan fingerprint density at radius 3 is 2.29 bits per heavy atom. The third kappa shape index (κ3) is 5.74. The molecular formula is C26H36N6O2. The van der Waals surface area contributed by atoms with Gasteiger partial charge in [-0.25, -0.2) is 4.68 Å².